The van der Waals surface area contributed by atoms with E-state index < -0.39 is 0 Å². The van der Waals surface area contributed by atoms with Gasteiger partial charge in [-0.3, -0.25) is 0 Å². The maximum atomic E-state index is 5.51. The maximum Gasteiger partial charge on any atom is 0.158 e. The minimum absolute atomic E-state index is 0.0242. The van der Waals surface area contributed by atoms with Gasteiger partial charge in [-0.25, -0.2) is 0 Å². The molecule has 0 aromatic rings. The Bertz CT molecular complexity index is 164. The Kier molecular flexibility index (Phi) is 8.67. The molecule has 0 amide bonds. The number of rotatable bonds is 9. The Morgan fingerprint density at radius 1 is 1.06 bits per heavy atom. The highest BCUT2D eigenvalue weighted by Crippen LogP contribution is 2.22. The third-order valence-corrected chi connectivity index (χ3v) is 3.42. The molecule has 0 unspecified atom stereocenters. The quantitative estimate of drug-likeness (QED) is 0.499. The van der Waals surface area contributed by atoms with E-state index in [9.17, 15) is 0 Å². The lowest BCUT2D eigenvalue weighted by atomic mass is 9.89. The lowest BCUT2D eigenvalue weighted by Gasteiger charge is -2.22. The number of ether oxygens (including phenoxy) is 2. The van der Waals surface area contributed by atoms with E-state index in [2.05, 4.69) is 5.32 Å². The summed E-state index contributed by atoms with van der Waals surface area (Å²) < 4.78 is 11.0. The van der Waals surface area contributed by atoms with E-state index in [0.29, 0.717) is 0 Å². The SMILES string of the molecule is CCOC(CCNCC1CCCCC1)OCC. The third-order valence-electron chi connectivity index (χ3n) is 3.42. The molecular formula is C14H29NO2. The van der Waals surface area contributed by atoms with Crippen molar-refractivity contribution in [2.24, 2.45) is 5.92 Å². The van der Waals surface area contributed by atoms with Crippen molar-refractivity contribution in [1.82, 2.24) is 5.32 Å². The first kappa shape index (κ1) is 14.9. The average molecular weight is 243 g/mol. The van der Waals surface area contributed by atoms with Crippen molar-refractivity contribution in [1.29, 1.82) is 0 Å². The summed E-state index contributed by atoms with van der Waals surface area (Å²) in [6.45, 7) is 7.66. The molecule has 3 heteroatoms. The molecule has 0 heterocycles. The van der Waals surface area contributed by atoms with E-state index in [-0.39, 0.29) is 6.29 Å². The van der Waals surface area contributed by atoms with Gasteiger partial charge in [-0.15, -0.1) is 0 Å². The van der Waals surface area contributed by atoms with Crippen LogP contribution in [0.25, 0.3) is 0 Å². The Hall–Kier alpha value is -0.120. The molecule has 1 rings (SSSR count). The van der Waals surface area contributed by atoms with Crippen molar-refractivity contribution in [2.45, 2.75) is 58.7 Å². The van der Waals surface area contributed by atoms with Gasteiger partial charge in [0, 0.05) is 19.6 Å². The summed E-state index contributed by atoms with van der Waals surface area (Å²) in [5, 5.41) is 3.54. The molecule has 1 saturated carbocycles. The molecule has 0 atom stereocenters. The average Bonchev–Trinajstić information content (AvgIpc) is 2.36. The van der Waals surface area contributed by atoms with Crippen LogP contribution in [0.5, 0.6) is 0 Å². The fraction of sp³-hybridized carbons (Fsp3) is 1.00. The van der Waals surface area contributed by atoms with E-state index in [0.717, 1.165) is 32.1 Å². The van der Waals surface area contributed by atoms with Gasteiger partial charge >= 0.3 is 0 Å². The highest BCUT2D eigenvalue weighted by molar-refractivity contribution is 4.68. The molecule has 0 aliphatic heterocycles. The van der Waals surface area contributed by atoms with Crippen molar-refractivity contribution in [3.8, 4) is 0 Å². The van der Waals surface area contributed by atoms with Crippen LogP contribution in [0.4, 0.5) is 0 Å². The predicted octanol–water partition coefficient (Wildman–Crippen LogP) is 2.95. The molecule has 0 aromatic heterocycles. The van der Waals surface area contributed by atoms with E-state index in [1.807, 2.05) is 13.8 Å². The van der Waals surface area contributed by atoms with Crippen LogP contribution in [0.1, 0.15) is 52.4 Å². The van der Waals surface area contributed by atoms with Gasteiger partial charge in [0.15, 0.2) is 6.29 Å². The molecule has 3 nitrogen and oxygen atoms in total. The van der Waals surface area contributed by atoms with Crippen LogP contribution in [0, 0.1) is 5.92 Å². The minimum atomic E-state index is -0.0242. The lowest BCUT2D eigenvalue weighted by Crippen LogP contribution is -2.29. The molecule has 0 aromatic carbocycles. The van der Waals surface area contributed by atoms with Crippen LogP contribution in [0.3, 0.4) is 0 Å². The standard InChI is InChI=1S/C14H29NO2/c1-3-16-14(17-4-2)10-11-15-12-13-8-6-5-7-9-13/h13-15H,3-12H2,1-2H3. The summed E-state index contributed by atoms with van der Waals surface area (Å²) in [6, 6.07) is 0. The predicted molar refractivity (Wildman–Crippen MR) is 71.1 cm³/mol. The van der Waals surface area contributed by atoms with Gasteiger partial charge in [-0.05, 0) is 45.7 Å². The summed E-state index contributed by atoms with van der Waals surface area (Å²) in [5.74, 6) is 0.904. The van der Waals surface area contributed by atoms with Crippen molar-refractivity contribution in [2.75, 3.05) is 26.3 Å². The van der Waals surface area contributed by atoms with Gasteiger partial charge in [0.25, 0.3) is 0 Å². The minimum Gasteiger partial charge on any atom is -0.353 e. The van der Waals surface area contributed by atoms with Crippen LogP contribution in [-0.2, 0) is 9.47 Å². The first-order valence-corrected chi connectivity index (χ1v) is 7.30. The van der Waals surface area contributed by atoms with E-state index in [1.165, 1.54) is 38.6 Å². The highest BCUT2D eigenvalue weighted by atomic mass is 16.7. The molecule has 1 fully saturated rings. The van der Waals surface area contributed by atoms with Gasteiger partial charge in [0.1, 0.15) is 0 Å². The van der Waals surface area contributed by atoms with Crippen molar-refractivity contribution in [3.63, 3.8) is 0 Å². The molecule has 17 heavy (non-hydrogen) atoms. The zero-order chi connectivity index (χ0) is 12.3. The summed E-state index contributed by atoms with van der Waals surface area (Å²) in [7, 11) is 0. The number of nitrogens with one attached hydrogen (secondary N) is 1. The van der Waals surface area contributed by atoms with E-state index >= 15 is 0 Å². The lowest BCUT2D eigenvalue weighted by molar-refractivity contribution is -0.138. The van der Waals surface area contributed by atoms with Gasteiger partial charge < -0.3 is 14.8 Å². The summed E-state index contributed by atoms with van der Waals surface area (Å²) in [5.41, 5.74) is 0. The molecule has 0 radical (unpaired) electrons. The first-order chi connectivity index (χ1) is 8.36. The molecule has 0 spiro atoms. The summed E-state index contributed by atoms with van der Waals surface area (Å²) in [6.07, 6.45) is 8.03. The van der Waals surface area contributed by atoms with E-state index in [1.54, 1.807) is 0 Å². The topological polar surface area (TPSA) is 30.5 Å². The fourth-order valence-corrected chi connectivity index (χ4v) is 2.50. The zero-order valence-electron chi connectivity index (χ0n) is 11.5. The third kappa shape index (κ3) is 7.02. The van der Waals surface area contributed by atoms with Crippen LogP contribution in [-0.4, -0.2) is 32.6 Å². The van der Waals surface area contributed by atoms with Crippen LogP contribution in [0.2, 0.25) is 0 Å². The second kappa shape index (κ2) is 9.86. The Morgan fingerprint density at radius 3 is 2.29 bits per heavy atom. The largest absolute Gasteiger partial charge is 0.353 e. The molecule has 102 valence electrons. The van der Waals surface area contributed by atoms with Gasteiger partial charge in [0.05, 0.1) is 0 Å². The van der Waals surface area contributed by atoms with Crippen LogP contribution in [0.15, 0.2) is 0 Å². The summed E-state index contributed by atoms with van der Waals surface area (Å²) in [4.78, 5) is 0. The van der Waals surface area contributed by atoms with Crippen molar-refractivity contribution < 1.29 is 9.47 Å². The molecule has 1 aliphatic rings. The van der Waals surface area contributed by atoms with Crippen LogP contribution < -0.4 is 5.32 Å². The second-order valence-electron chi connectivity index (χ2n) is 4.84. The monoisotopic (exact) mass is 243 g/mol. The molecular weight excluding hydrogens is 214 g/mol. The molecule has 1 N–H and O–H groups in total. The Morgan fingerprint density at radius 2 is 1.71 bits per heavy atom. The van der Waals surface area contributed by atoms with E-state index in [4.69, 9.17) is 9.47 Å². The van der Waals surface area contributed by atoms with Crippen molar-refractivity contribution in [3.05, 3.63) is 0 Å². The Balaban J connectivity index is 2.00. The fourth-order valence-electron chi connectivity index (χ4n) is 2.50. The van der Waals surface area contributed by atoms with Crippen molar-refractivity contribution >= 4 is 0 Å². The zero-order valence-corrected chi connectivity index (χ0v) is 11.5. The molecule has 0 bridgehead atoms. The van der Waals surface area contributed by atoms with Gasteiger partial charge in [-0.1, -0.05) is 19.3 Å². The van der Waals surface area contributed by atoms with Crippen LogP contribution >= 0.6 is 0 Å². The smallest absolute Gasteiger partial charge is 0.158 e. The normalized spacial score (nSPS) is 17.8. The van der Waals surface area contributed by atoms with Gasteiger partial charge in [-0.2, -0.15) is 0 Å². The summed E-state index contributed by atoms with van der Waals surface area (Å²) >= 11 is 0. The number of hydrogen-bond donors (Lipinski definition) is 1. The molecule has 0 saturated heterocycles. The highest BCUT2D eigenvalue weighted by Gasteiger charge is 2.13. The second-order valence-corrected chi connectivity index (χ2v) is 4.84. The Labute approximate surface area is 106 Å². The number of hydrogen-bond acceptors (Lipinski definition) is 3. The molecule has 1 aliphatic carbocycles. The first-order valence-electron chi connectivity index (χ1n) is 7.30. The maximum absolute atomic E-state index is 5.51. The van der Waals surface area contributed by atoms with Gasteiger partial charge in [0.2, 0.25) is 0 Å².